The summed E-state index contributed by atoms with van der Waals surface area (Å²) >= 11 is 0. The first-order valence-corrected chi connectivity index (χ1v) is 6.55. The van der Waals surface area contributed by atoms with Gasteiger partial charge < -0.3 is 16.0 Å². The molecule has 6 heteroatoms. The standard InChI is InChI=1S/C14H19N3O2.ClH/c15-9-13(18)16-12-5-3-4-11(8-12)10-17-7-2-1-6-14(17)19;/h3-5,8H,1-2,6-7,9-10,15H2,(H,16,18);1H. The molecule has 0 saturated carbocycles. The zero-order valence-corrected chi connectivity index (χ0v) is 12.1. The van der Waals surface area contributed by atoms with Gasteiger partial charge in [-0.25, -0.2) is 0 Å². The minimum atomic E-state index is -0.216. The van der Waals surface area contributed by atoms with Gasteiger partial charge in [-0.05, 0) is 30.5 Å². The Morgan fingerprint density at radius 3 is 2.85 bits per heavy atom. The van der Waals surface area contributed by atoms with Crippen molar-refractivity contribution < 1.29 is 9.59 Å². The van der Waals surface area contributed by atoms with E-state index in [1.54, 1.807) is 0 Å². The van der Waals surface area contributed by atoms with Crippen LogP contribution in [-0.4, -0.2) is 29.8 Å². The SMILES string of the molecule is Cl.NCC(=O)Nc1cccc(CN2CCCCC2=O)c1. The van der Waals surface area contributed by atoms with Gasteiger partial charge in [0.05, 0.1) is 6.54 Å². The van der Waals surface area contributed by atoms with E-state index in [1.165, 1.54) is 0 Å². The lowest BCUT2D eigenvalue weighted by molar-refractivity contribution is -0.133. The van der Waals surface area contributed by atoms with E-state index in [1.807, 2.05) is 29.2 Å². The van der Waals surface area contributed by atoms with Crippen LogP contribution >= 0.6 is 12.4 Å². The fraction of sp³-hybridized carbons (Fsp3) is 0.429. The third kappa shape index (κ3) is 4.51. The molecule has 3 N–H and O–H groups in total. The summed E-state index contributed by atoms with van der Waals surface area (Å²) in [7, 11) is 0. The van der Waals surface area contributed by atoms with Crippen LogP contribution in [0.3, 0.4) is 0 Å². The average Bonchev–Trinajstić information content (AvgIpc) is 2.42. The van der Waals surface area contributed by atoms with Crippen LogP contribution in [0, 0.1) is 0 Å². The third-order valence-corrected chi connectivity index (χ3v) is 3.19. The van der Waals surface area contributed by atoms with Crippen molar-refractivity contribution in [3.63, 3.8) is 0 Å². The van der Waals surface area contributed by atoms with Gasteiger partial charge in [-0.1, -0.05) is 12.1 Å². The minimum absolute atomic E-state index is 0. The summed E-state index contributed by atoms with van der Waals surface area (Å²) in [6, 6.07) is 7.53. The number of rotatable bonds is 4. The monoisotopic (exact) mass is 297 g/mol. The van der Waals surface area contributed by atoms with Crippen molar-refractivity contribution in [2.24, 2.45) is 5.73 Å². The Kier molecular flexibility index (Phi) is 6.48. The average molecular weight is 298 g/mol. The molecule has 0 unspecified atom stereocenters. The normalized spacial score (nSPS) is 14.7. The van der Waals surface area contributed by atoms with E-state index in [-0.39, 0.29) is 30.8 Å². The summed E-state index contributed by atoms with van der Waals surface area (Å²) in [5, 5.41) is 2.71. The van der Waals surface area contributed by atoms with Crippen LogP contribution in [0.15, 0.2) is 24.3 Å². The van der Waals surface area contributed by atoms with E-state index in [0.717, 1.165) is 30.6 Å². The number of likely N-dealkylation sites (tertiary alicyclic amines) is 1. The molecule has 5 nitrogen and oxygen atoms in total. The second kappa shape index (κ2) is 7.87. The molecule has 20 heavy (non-hydrogen) atoms. The van der Waals surface area contributed by atoms with Crippen LogP contribution in [0.2, 0.25) is 0 Å². The Morgan fingerprint density at radius 1 is 1.35 bits per heavy atom. The number of anilines is 1. The molecular weight excluding hydrogens is 278 g/mol. The van der Waals surface area contributed by atoms with E-state index < -0.39 is 0 Å². The highest BCUT2D eigenvalue weighted by Crippen LogP contribution is 2.17. The van der Waals surface area contributed by atoms with Gasteiger partial charge in [-0.15, -0.1) is 12.4 Å². The molecule has 0 aliphatic carbocycles. The number of nitrogens with zero attached hydrogens (tertiary/aromatic N) is 1. The first-order chi connectivity index (χ1) is 9.19. The number of carbonyl (C=O) groups excluding carboxylic acids is 2. The van der Waals surface area contributed by atoms with Crippen molar-refractivity contribution in [2.75, 3.05) is 18.4 Å². The minimum Gasteiger partial charge on any atom is -0.338 e. The molecule has 2 rings (SSSR count). The number of hydrogen-bond donors (Lipinski definition) is 2. The lowest BCUT2D eigenvalue weighted by Crippen LogP contribution is -2.34. The first-order valence-electron chi connectivity index (χ1n) is 6.55. The molecule has 1 aromatic rings. The highest BCUT2D eigenvalue weighted by Gasteiger charge is 2.17. The van der Waals surface area contributed by atoms with Crippen molar-refractivity contribution in [1.29, 1.82) is 0 Å². The van der Waals surface area contributed by atoms with Gasteiger partial charge in [0.1, 0.15) is 0 Å². The largest absolute Gasteiger partial charge is 0.338 e. The van der Waals surface area contributed by atoms with Crippen molar-refractivity contribution in [2.45, 2.75) is 25.8 Å². The van der Waals surface area contributed by atoms with E-state index >= 15 is 0 Å². The first kappa shape index (κ1) is 16.5. The predicted octanol–water partition coefficient (Wildman–Crippen LogP) is 1.52. The van der Waals surface area contributed by atoms with Gasteiger partial charge in [-0.3, -0.25) is 9.59 Å². The lowest BCUT2D eigenvalue weighted by Gasteiger charge is -2.26. The number of hydrogen-bond acceptors (Lipinski definition) is 3. The number of nitrogens with one attached hydrogen (secondary N) is 1. The molecule has 0 atom stereocenters. The summed E-state index contributed by atoms with van der Waals surface area (Å²) in [6.07, 6.45) is 2.70. The Balaban J connectivity index is 0.00000200. The fourth-order valence-electron chi connectivity index (χ4n) is 2.21. The van der Waals surface area contributed by atoms with Crippen molar-refractivity contribution >= 4 is 29.9 Å². The highest BCUT2D eigenvalue weighted by atomic mass is 35.5. The van der Waals surface area contributed by atoms with Gasteiger partial charge in [0.2, 0.25) is 11.8 Å². The van der Waals surface area contributed by atoms with Gasteiger partial charge in [0, 0.05) is 25.2 Å². The molecular formula is C14H20ClN3O2. The molecule has 1 heterocycles. The van der Waals surface area contributed by atoms with Crippen LogP contribution in [0.5, 0.6) is 0 Å². The van der Waals surface area contributed by atoms with E-state index in [0.29, 0.717) is 13.0 Å². The Morgan fingerprint density at radius 2 is 2.15 bits per heavy atom. The number of piperidine rings is 1. The molecule has 110 valence electrons. The molecule has 1 saturated heterocycles. The summed E-state index contributed by atoms with van der Waals surface area (Å²) in [5.74, 6) is -0.00570. The second-order valence-electron chi connectivity index (χ2n) is 4.73. The van der Waals surface area contributed by atoms with Gasteiger partial charge in [0.25, 0.3) is 0 Å². The van der Waals surface area contributed by atoms with E-state index in [9.17, 15) is 9.59 Å². The van der Waals surface area contributed by atoms with E-state index in [4.69, 9.17) is 5.73 Å². The number of halogens is 1. The summed E-state index contributed by atoms with van der Waals surface area (Å²) < 4.78 is 0. The molecule has 0 spiro atoms. The van der Waals surface area contributed by atoms with Gasteiger partial charge >= 0.3 is 0 Å². The number of benzene rings is 1. The van der Waals surface area contributed by atoms with Gasteiger partial charge in [0.15, 0.2) is 0 Å². The number of nitrogens with two attached hydrogens (primary N) is 1. The van der Waals surface area contributed by atoms with Crippen LogP contribution < -0.4 is 11.1 Å². The van der Waals surface area contributed by atoms with Crippen LogP contribution in [0.25, 0.3) is 0 Å². The maximum atomic E-state index is 11.7. The highest BCUT2D eigenvalue weighted by molar-refractivity contribution is 5.92. The Labute approximate surface area is 124 Å². The quantitative estimate of drug-likeness (QED) is 0.885. The predicted molar refractivity (Wildman–Crippen MR) is 80.6 cm³/mol. The molecule has 1 aliphatic heterocycles. The molecule has 2 amide bonds. The molecule has 0 aromatic heterocycles. The molecule has 1 fully saturated rings. The summed E-state index contributed by atoms with van der Waals surface area (Å²) in [5.41, 5.74) is 7.00. The zero-order chi connectivity index (χ0) is 13.7. The zero-order valence-electron chi connectivity index (χ0n) is 11.3. The van der Waals surface area contributed by atoms with Crippen molar-refractivity contribution in [3.05, 3.63) is 29.8 Å². The second-order valence-corrected chi connectivity index (χ2v) is 4.73. The maximum Gasteiger partial charge on any atom is 0.238 e. The van der Waals surface area contributed by atoms with Crippen LogP contribution in [0.1, 0.15) is 24.8 Å². The number of amides is 2. The Bertz CT molecular complexity index is 479. The van der Waals surface area contributed by atoms with Crippen LogP contribution in [0.4, 0.5) is 5.69 Å². The van der Waals surface area contributed by atoms with Crippen molar-refractivity contribution in [3.8, 4) is 0 Å². The smallest absolute Gasteiger partial charge is 0.238 e. The van der Waals surface area contributed by atoms with Crippen molar-refractivity contribution in [1.82, 2.24) is 4.90 Å². The number of carbonyl (C=O) groups is 2. The summed E-state index contributed by atoms with van der Waals surface area (Å²) in [6.45, 7) is 1.39. The van der Waals surface area contributed by atoms with E-state index in [2.05, 4.69) is 5.32 Å². The van der Waals surface area contributed by atoms with Gasteiger partial charge in [-0.2, -0.15) is 0 Å². The molecule has 1 aromatic carbocycles. The topological polar surface area (TPSA) is 75.4 Å². The third-order valence-electron chi connectivity index (χ3n) is 3.19. The molecule has 1 aliphatic rings. The van der Waals surface area contributed by atoms with Crippen LogP contribution in [-0.2, 0) is 16.1 Å². The fourth-order valence-corrected chi connectivity index (χ4v) is 2.21. The summed E-state index contributed by atoms with van der Waals surface area (Å²) in [4.78, 5) is 24.8. The lowest BCUT2D eigenvalue weighted by atomic mass is 10.1. The molecule has 0 bridgehead atoms. The maximum absolute atomic E-state index is 11.7. The Hall–Kier alpha value is -1.59. The molecule has 0 radical (unpaired) electrons.